The number of carbonyl (C=O) groups is 1. The summed E-state index contributed by atoms with van der Waals surface area (Å²) in [7, 11) is -3.49. The van der Waals surface area contributed by atoms with Crippen LogP contribution < -0.4 is 5.32 Å². The molecule has 2 heterocycles. The Bertz CT molecular complexity index is 569. The first kappa shape index (κ1) is 16.4. The fourth-order valence-corrected chi connectivity index (χ4v) is 4.97. The molecule has 1 amide bonds. The summed E-state index contributed by atoms with van der Waals surface area (Å²) in [6.07, 6.45) is 0.725. The first-order chi connectivity index (χ1) is 9.91. The van der Waals surface area contributed by atoms with Crippen LogP contribution in [0.3, 0.4) is 0 Å². The van der Waals surface area contributed by atoms with Crippen LogP contribution in [0.5, 0.6) is 0 Å². The van der Waals surface area contributed by atoms with E-state index in [1.807, 2.05) is 0 Å². The van der Waals surface area contributed by atoms with Crippen molar-refractivity contribution in [3.63, 3.8) is 0 Å². The molecule has 1 aromatic rings. The minimum atomic E-state index is -3.49. The van der Waals surface area contributed by atoms with Crippen LogP contribution in [0.1, 0.15) is 19.8 Å². The third-order valence-electron chi connectivity index (χ3n) is 3.42. The number of nitrogens with one attached hydrogen (secondary N) is 1. The molecule has 1 aliphatic heterocycles. The van der Waals surface area contributed by atoms with E-state index >= 15 is 0 Å². The van der Waals surface area contributed by atoms with Gasteiger partial charge < -0.3 is 10.4 Å². The van der Waals surface area contributed by atoms with Crippen LogP contribution in [-0.2, 0) is 14.8 Å². The highest BCUT2D eigenvalue weighted by molar-refractivity contribution is 7.91. The van der Waals surface area contributed by atoms with Gasteiger partial charge in [0.1, 0.15) is 4.21 Å². The van der Waals surface area contributed by atoms with Crippen molar-refractivity contribution in [2.75, 3.05) is 19.6 Å². The van der Waals surface area contributed by atoms with E-state index in [0.29, 0.717) is 23.6 Å². The molecule has 118 valence electrons. The first-order valence-corrected chi connectivity index (χ1v) is 9.22. The van der Waals surface area contributed by atoms with E-state index < -0.39 is 16.1 Å². The van der Waals surface area contributed by atoms with Gasteiger partial charge in [-0.2, -0.15) is 4.31 Å². The maximum Gasteiger partial charge on any atom is 0.252 e. The topological polar surface area (TPSA) is 86.7 Å². The van der Waals surface area contributed by atoms with Crippen molar-refractivity contribution in [1.82, 2.24) is 9.62 Å². The number of piperidine rings is 1. The van der Waals surface area contributed by atoms with Crippen LogP contribution in [0.4, 0.5) is 0 Å². The maximum atomic E-state index is 12.4. The lowest BCUT2D eigenvalue weighted by molar-refractivity contribution is -0.126. The normalized spacial score (nSPS) is 21.9. The number of carbonyl (C=O) groups excluding carboxylic acids is 1. The molecule has 2 unspecified atom stereocenters. The van der Waals surface area contributed by atoms with E-state index in [-0.39, 0.29) is 24.9 Å². The van der Waals surface area contributed by atoms with Gasteiger partial charge in [-0.25, -0.2) is 8.42 Å². The van der Waals surface area contributed by atoms with Crippen LogP contribution >= 0.6 is 11.3 Å². The monoisotopic (exact) mass is 332 g/mol. The third-order valence-corrected chi connectivity index (χ3v) is 6.65. The number of nitrogens with zero attached hydrogens (tertiary/aromatic N) is 1. The molecular formula is C13H20N2O4S2. The minimum Gasteiger partial charge on any atom is -0.392 e. The summed E-state index contributed by atoms with van der Waals surface area (Å²) < 4.78 is 26.6. The Hall–Kier alpha value is -0.960. The Morgan fingerprint density at radius 2 is 2.38 bits per heavy atom. The standard InChI is InChI=1S/C13H20N2O4S2/c1-10(16)8-14-13(17)11-4-2-6-15(9-11)21(18,19)12-5-3-7-20-12/h3,5,7,10-11,16H,2,4,6,8-9H2,1H3,(H,14,17). The summed E-state index contributed by atoms with van der Waals surface area (Å²) in [4.78, 5) is 12.0. The van der Waals surface area contributed by atoms with Gasteiger partial charge in [0.05, 0.1) is 12.0 Å². The molecule has 6 nitrogen and oxygen atoms in total. The van der Waals surface area contributed by atoms with E-state index in [2.05, 4.69) is 5.32 Å². The van der Waals surface area contributed by atoms with Gasteiger partial charge in [0.25, 0.3) is 10.0 Å². The summed E-state index contributed by atoms with van der Waals surface area (Å²) in [5.41, 5.74) is 0. The fraction of sp³-hybridized carbons (Fsp3) is 0.615. The Morgan fingerprint density at radius 1 is 1.62 bits per heavy atom. The van der Waals surface area contributed by atoms with Gasteiger partial charge in [0, 0.05) is 19.6 Å². The molecule has 2 atom stereocenters. The lowest BCUT2D eigenvalue weighted by Crippen LogP contribution is -2.46. The number of thiophene rings is 1. The molecule has 21 heavy (non-hydrogen) atoms. The lowest BCUT2D eigenvalue weighted by atomic mass is 9.99. The quantitative estimate of drug-likeness (QED) is 0.829. The number of aliphatic hydroxyl groups excluding tert-OH is 1. The van der Waals surface area contributed by atoms with E-state index in [1.165, 1.54) is 15.6 Å². The first-order valence-electron chi connectivity index (χ1n) is 6.90. The zero-order chi connectivity index (χ0) is 15.5. The largest absolute Gasteiger partial charge is 0.392 e. The molecule has 0 bridgehead atoms. The molecule has 0 spiro atoms. The summed E-state index contributed by atoms with van der Waals surface area (Å²) >= 11 is 1.18. The molecule has 1 saturated heterocycles. The Kier molecular flexibility index (Phi) is 5.37. The van der Waals surface area contributed by atoms with Gasteiger partial charge in [-0.05, 0) is 31.2 Å². The Labute approximate surface area is 128 Å². The number of amides is 1. The number of sulfonamides is 1. The minimum absolute atomic E-state index is 0.188. The van der Waals surface area contributed by atoms with Crippen molar-refractivity contribution in [2.45, 2.75) is 30.1 Å². The molecule has 2 N–H and O–H groups in total. The second-order valence-electron chi connectivity index (χ2n) is 5.23. The fourth-order valence-electron chi connectivity index (χ4n) is 2.30. The average molecular weight is 332 g/mol. The SMILES string of the molecule is CC(O)CNC(=O)C1CCCN(S(=O)(=O)c2cccs2)C1. The van der Waals surface area contributed by atoms with Gasteiger partial charge in [-0.15, -0.1) is 11.3 Å². The van der Waals surface area contributed by atoms with Crippen LogP contribution in [0.2, 0.25) is 0 Å². The van der Waals surface area contributed by atoms with Crippen LogP contribution in [0.15, 0.2) is 21.7 Å². The van der Waals surface area contributed by atoms with Gasteiger partial charge in [-0.3, -0.25) is 4.79 Å². The summed E-state index contributed by atoms with van der Waals surface area (Å²) in [5.74, 6) is -0.547. The predicted octanol–water partition coefficient (Wildman–Crippen LogP) is 0.646. The van der Waals surface area contributed by atoms with E-state index in [1.54, 1.807) is 24.4 Å². The number of rotatable bonds is 5. The number of hydrogen-bond acceptors (Lipinski definition) is 5. The molecule has 0 saturated carbocycles. The van der Waals surface area contributed by atoms with Gasteiger partial charge >= 0.3 is 0 Å². The van der Waals surface area contributed by atoms with Crippen LogP contribution in [0, 0.1) is 5.92 Å². The van der Waals surface area contributed by atoms with Crippen LogP contribution in [-0.4, -0.2) is 49.5 Å². The highest BCUT2D eigenvalue weighted by atomic mass is 32.2. The molecule has 2 rings (SSSR count). The number of aliphatic hydroxyl groups is 1. The maximum absolute atomic E-state index is 12.4. The Balaban J connectivity index is 2.02. The zero-order valence-electron chi connectivity index (χ0n) is 11.9. The van der Waals surface area contributed by atoms with Crippen molar-refractivity contribution in [1.29, 1.82) is 0 Å². The lowest BCUT2D eigenvalue weighted by Gasteiger charge is -2.30. The molecule has 1 aromatic heterocycles. The second-order valence-corrected chi connectivity index (χ2v) is 8.34. The Morgan fingerprint density at radius 3 is 3.00 bits per heavy atom. The van der Waals surface area contributed by atoms with Crippen molar-refractivity contribution in [3.05, 3.63) is 17.5 Å². The number of hydrogen-bond donors (Lipinski definition) is 2. The van der Waals surface area contributed by atoms with Gasteiger partial charge in [0.15, 0.2) is 0 Å². The van der Waals surface area contributed by atoms with Crippen molar-refractivity contribution >= 4 is 27.3 Å². The molecule has 1 fully saturated rings. The van der Waals surface area contributed by atoms with E-state index in [0.717, 1.165) is 0 Å². The summed E-state index contributed by atoms with van der Waals surface area (Å²) in [5, 5.41) is 13.6. The summed E-state index contributed by atoms with van der Waals surface area (Å²) in [6, 6.07) is 3.28. The third kappa shape index (κ3) is 4.03. The molecular weight excluding hydrogens is 312 g/mol. The molecule has 8 heteroatoms. The molecule has 1 aliphatic rings. The smallest absolute Gasteiger partial charge is 0.252 e. The molecule has 0 radical (unpaired) electrons. The molecule has 0 aliphatic carbocycles. The highest BCUT2D eigenvalue weighted by Gasteiger charge is 2.33. The van der Waals surface area contributed by atoms with Crippen LogP contribution in [0.25, 0.3) is 0 Å². The zero-order valence-corrected chi connectivity index (χ0v) is 13.5. The average Bonchev–Trinajstić information content (AvgIpc) is 2.99. The predicted molar refractivity (Wildman–Crippen MR) is 80.5 cm³/mol. The van der Waals surface area contributed by atoms with Crippen molar-refractivity contribution < 1.29 is 18.3 Å². The summed E-state index contributed by atoms with van der Waals surface area (Å²) in [6.45, 7) is 2.42. The second kappa shape index (κ2) is 6.87. The van der Waals surface area contributed by atoms with Gasteiger partial charge in [0.2, 0.25) is 5.91 Å². The molecule has 0 aromatic carbocycles. The van der Waals surface area contributed by atoms with Gasteiger partial charge in [-0.1, -0.05) is 6.07 Å². The van der Waals surface area contributed by atoms with E-state index in [9.17, 15) is 18.3 Å². The highest BCUT2D eigenvalue weighted by Crippen LogP contribution is 2.26. The van der Waals surface area contributed by atoms with Crippen molar-refractivity contribution in [3.8, 4) is 0 Å². The van der Waals surface area contributed by atoms with E-state index in [4.69, 9.17) is 0 Å². The van der Waals surface area contributed by atoms with Crippen molar-refractivity contribution in [2.24, 2.45) is 5.92 Å².